The number of alkyl halides is 2. The van der Waals surface area contributed by atoms with E-state index < -0.39 is 13.0 Å². The zero-order chi connectivity index (χ0) is 23.1. The SMILES string of the molecule is COc1cc2nnsc2cc1Nc1ncnc2sc3c(c12)CCC(C(=O)N(C)CC(F)F)C3. The molecule has 0 saturated carbocycles. The first kappa shape index (κ1) is 21.8. The molecule has 33 heavy (non-hydrogen) atoms. The van der Waals surface area contributed by atoms with Gasteiger partial charge in [-0.1, -0.05) is 4.49 Å². The van der Waals surface area contributed by atoms with Gasteiger partial charge in [-0.3, -0.25) is 4.79 Å². The van der Waals surface area contributed by atoms with Gasteiger partial charge < -0.3 is 15.0 Å². The van der Waals surface area contributed by atoms with Crippen LogP contribution in [-0.4, -0.2) is 57.5 Å². The third-order valence-electron chi connectivity index (χ3n) is 5.80. The van der Waals surface area contributed by atoms with Crippen LogP contribution in [0.4, 0.5) is 20.3 Å². The number of aryl methyl sites for hydroxylation is 1. The minimum absolute atomic E-state index is 0.237. The van der Waals surface area contributed by atoms with Crippen molar-refractivity contribution < 1.29 is 18.3 Å². The summed E-state index contributed by atoms with van der Waals surface area (Å²) in [6.07, 6.45) is 0.741. The summed E-state index contributed by atoms with van der Waals surface area (Å²) in [5, 5.41) is 8.39. The van der Waals surface area contributed by atoms with Crippen LogP contribution < -0.4 is 10.1 Å². The molecule has 1 N–H and O–H groups in total. The van der Waals surface area contributed by atoms with Crippen molar-refractivity contribution in [3.05, 3.63) is 28.9 Å². The number of carbonyl (C=O) groups is 1. The molecule has 12 heteroatoms. The van der Waals surface area contributed by atoms with E-state index in [0.717, 1.165) is 41.5 Å². The molecular formula is C21H20F2N6O2S2. The van der Waals surface area contributed by atoms with E-state index in [0.29, 0.717) is 30.8 Å². The van der Waals surface area contributed by atoms with Crippen molar-refractivity contribution in [2.24, 2.45) is 5.92 Å². The van der Waals surface area contributed by atoms with Crippen LogP contribution in [-0.2, 0) is 17.6 Å². The van der Waals surface area contributed by atoms with Crippen molar-refractivity contribution in [1.82, 2.24) is 24.5 Å². The van der Waals surface area contributed by atoms with Crippen LogP contribution in [0.3, 0.4) is 0 Å². The number of rotatable bonds is 6. The van der Waals surface area contributed by atoms with Crippen molar-refractivity contribution in [1.29, 1.82) is 0 Å². The van der Waals surface area contributed by atoms with Crippen molar-refractivity contribution in [2.45, 2.75) is 25.7 Å². The van der Waals surface area contributed by atoms with Crippen LogP contribution in [0.1, 0.15) is 16.9 Å². The number of halogens is 2. The topological polar surface area (TPSA) is 93.1 Å². The molecule has 0 bridgehead atoms. The second kappa shape index (κ2) is 8.75. The Labute approximate surface area is 195 Å². The van der Waals surface area contributed by atoms with Gasteiger partial charge in [-0.05, 0) is 42.4 Å². The van der Waals surface area contributed by atoms with Crippen LogP contribution in [0.5, 0.6) is 5.75 Å². The maximum absolute atomic E-state index is 12.7. The number of ether oxygens (including phenoxy) is 1. The Bertz CT molecular complexity index is 1340. The summed E-state index contributed by atoms with van der Waals surface area (Å²) in [5.41, 5.74) is 2.61. The number of benzene rings is 1. The van der Waals surface area contributed by atoms with Gasteiger partial charge >= 0.3 is 0 Å². The molecule has 0 radical (unpaired) electrons. The van der Waals surface area contributed by atoms with Crippen molar-refractivity contribution in [2.75, 3.05) is 26.0 Å². The van der Waals surface area contributed by atoms with Gasteiger partial charge in [0.05, 0.1) is 29.4 Å². The fourth-order valence-corrected chi connectivity index (χ4v) is 6.08. The summed E-state index contributed by atoms with van der Waals surface area (Å²) in [7, 11) is 3.03. The third kappa shape index (κ3) is 4.08. The molecule has 1 aliphatic carbocycles. The quantitative estimate of drug-likeness (QED) is 0.431. The number of hydrogen-bond donors (Lipinski definition) is 1. The lowest BCUT2D eigenvalue weighted by molar-refractivity contribution is -0.136. The molecule has 0 aliphatic heterocycles. The summed E-state index contributed by atoms with van der Waals surface area (Å²) in [6, 6.07) is 3.76. The van der Waals surface area contributed by atoms with Crippen LogP contribution >= 0.6 is 22.9 Å². The summed E-state index contributed by atoms with van der Waals surface area (Å²) in [5.74, 6) is 0.741. The number of fused-ring (bicyclic) bond motifs is 4. The molecule has 172 valence electrons. The fourth-order valence-electron chi connectivity index (χ4n) is 4.23. The molecular weight excluding hydrogens is 470 g/mol. The van der Waals surface area contributed by atoms with Gasteiger partial charge in [0.15, 0.2) is 0 Å². The van der Waals surface area contributed by atoms with E-state index in [4.69, 9.17) is 4.74 Å². The Kier molecular flexibility index (Phi) is 5.79. The maximum atomic E-state index is 12.7. The molecule has 8 nitrogen and oxygen atoms in total. The Hall–Kier alpha value is -2.99. The first-order valence-electron chi connectivity index (χ1n) is 10.3. The van der Waals surface area contributed by atoms with Crippen molar-refractivity contribution in [3.8, 4) is 5.75 Å². The second-order valence-corrected chi connectivity index (χ2v) is 9.74. The zero-order valence-electron chi connectivity index (χ0n) is 17.8. The summed E-state index contributed by atoms with van der Waals surface area (Å²) >= 11 is 2.82. The molecule has 1 amide bonds. The lowest BCUT2D eigenvalue weighted by Gasteiger charge is -2.26. The predicted molar refractivity (Wildman–Crippen MR) is 124 cm³/mol. The highest BCUT2D eigenvalue weighted by Crippen LogP contribution is 2.42. The lowest BCUT2D eigenvalue weighted by Crippen LogP contribution is -2.38. The van der Waals surface area contributed by atoms with Crippen molar-refractivity contribution >= 4 is 60.7 Å². The van der Waals surface area contributed by atoms with E-state index in [9.17, 15) is 13.6 Å². The van der Waals surface area contributed by atoms with Crippen LogP contribution in [0.15, 0.2) is 18.5 Å². The average molecular weight is 491 g/mol. The van der Waals surface area contributed by atoms with Crippen LogP contribution in [0.25, 0.3) is 20.4 Å². The molecule has 5 rings (SSSR count). The third-order valence-corrected chi connectivity index (χ3v) is 7.65. The Morgan fingerprint density at radius 1 is 1.36 bits per heavy atom. The summed E-state index contributed by atoms with van der Waals surface area (Å²) < 4.78 is 35.9. The highest BCUT2D eigenvalue weighted by atomic mass is 32.1. The number of methoxy groups -OCH3 is 1. The molecule has 1 unspecified atom stereocenters. The molecule has 0 spiro atoms. The normalized spacial score (nSPS) is 15.7. The molecule has 0 saturated heterocycles. The minimum Gasteiger partial charge on any atom is -0.494 e. The largest absolute Gasteiger partial charge is 0.494 e. The summed E-state index contributed by atoms with van der Waals surface area (Å²) in [6.45, 7) is -0.546. The molecule has 1 aromatic carbocycles. The molecule has 4 aromatic rings. The number of hydrogen-bond acceptors (Lipinski definition) is 9. The molecule has 1 atom stereocenters. The number of thiophene rings is 1. The molecule has 3 heterocycles. The zero-order valence-corrected chi connectivity index (χ0v) is 19.5. The van der Waals surface area contributed by atoms with Crippen LogP contribution in [0.2, 0.25) is 0 Å². The first-order chi connectivity index (χ1) is 15.9. The standard InChI is InChI=1S/C21H20F2N6O2S2/c1-29(8-17(22)23)21(30)10-3-4-11-15(5-10)32-20-18(11)19(24-9-25-20)26-12-7-16-13(27-28-33-16)6-14(12)31-2/h6-7,9-10,17H,3-5,8H2,1-2H3,(H,24,25,26). The van der Waals surface area contributed by atoms with Crippen molar-refractivity contribution in [3.63, 3.8) is 0 Å². The van der Waals surface area contributed by atoms with Gasteiger partial charge in [-0.25, -0.2) is 18.7 Å². The fraction of sp³-hybridized carbons (Fsp3) is 0.381. The number of aromatic nitrogens is 4. The summed E-state index contributed by atoms with van der Waals surface area (Å²) in [4.78, 5) is 24.6. The van der Waals surface area contributed by atoms with Crippen LogP contribution in [0, 0.1) is 5.92 Å². The lowest BCUT2D eigenvalue weighted by atomic mass is 9.87. The van der Waals surface area contributed by atoms with Gasteiger partial charge in [-0.15, -0.1) is 16.4 Å². The number of amides is 1. The molecule has 1 aliphatic rings. The van der Waals surface area contributed by atoms with Gasteiger partial charge in [0.1, 0.15) is 28.2 Å². The highest BCUT2D eigenvalue weighted by Gasteiger charge is 2.31. The number of nitrogens with one attached hydrogen (secondary N) is 1. The average Bonchev–Trinajstić information content (AvgIpc) is 3.41. The maximum Gasteiger partial charge on any atom is 0.255 e. The smallest absolute Gasteiger partial charge is 0.255 e. The Morgan fingerprint density at radius 3 is 3.00 bits per heavy atom. The Morgan fingerprint density at radius 2 is 2.21 bits per heavy atom. The van der Waals surface area contributed by atoms with Gasteiger partial charge in [0.25, 0.3) is 6.43 Å². The highest BCUT2D eigenvalue weighted by molar-refractivity contribution is 7.19. The minimum atomic E-state index is -2.54. The first-order valence-corrected chi connectivity index (χ1v) is 11.9. The number of carbonyl (C=O) groups excluding carboxylic acids is 1. The van der Waals surface area contributed by atoms with E-state index in [1.165, 1.54) is 36.2 Å². The van der Waals surface area contributed by atoms with E-state index >= 15 is 0 Å². The monoisotopic (exact) mass is 490 g/mol. The predicted octanol–water partition coefficient (Wildman–Crippen LogP) is 4.28. The van der Waals surface area contributed by atoms with E-state index in [-0.39, 0.29) is 11.8 Å². The van der Waals surface area contributed by atoms with Gasteiger partial charge in [0, 0.05) is 23.9 Å². The van der Waals surface area contributed by atoms with E-state index in [2.05, 4.69) is 24.9 Å². The van der Waals surface area contributed by atoms with Gasteiger partial charge in [0.2, 0.25) is 5.91 Å². The second-order valence-electron chi connectivity index (χ2n) is 7.87. The Balaban J connectivity index is 1.47. The number of anilines is 2. The number of nitrogens with zero attached hydrogens (tertiary/aromatic N) is 5. The van der Waals surface area contributed by atoms with Gasteiger partial charge in [-0.2, -0.15) is 0 Å². The molecule has 0 fully saturated rings. The van der Waals surface area contributed by atoms with E-state index in [1.54, 1.807) is 7.11 Å². The molecule has 3 aromatic heterocycles. The van der Waals surface area contributed by atoms with E-state index in [1.807, 2.05) is 12.1 Å².